The number of benzene rings is 1. The second kappa shape index (κ2) is 7.20. The second-order valence-corrected chi connectivity index (χ2v) is 5.90. The van der Waals surface area contributed by atoms with E-state index in [-0.39, 0.29) is 0 Å². The Balaban J connectivity index is 1.69. The molecule has 0 spiro atoms. The molecule has 0 amide bonds. The summed E-state index contributed by atoms with van der Waals surface area (Å²) in [6.07, 6.45) is 2.32. The molecule has 0 atom stereocenters. The van der Waals surface area contributed by atoms with Gasteiger partial charge in [0.2, 0.25) is 6.79 Å². The van der Waals surface area contributed by atoms with Gasteiger partial charge in [0.15, 0.2) is 11.5 Å². The second-order valence-electron chi connectivity index (χ2n) is 5.90. The van der Waals surface area contributed by atoms with Crippen molar-refractivity contribution in [2.75, 3.05) is 40.2 Å². The summed E-state index contributed by atoms with van der Waals surface area (Å²) in [6.45, 7) is 7.30. The van der Waals surface area contributed by atoms with Crippen molar-refractivity contribution >= 4 is 0 Å². The Hall–Kier alpha value is -1.46. The molecule has 1 aromatic rings. The zero-order valence-electron chi connectivity index (χ0n) is 13.5. The zero-order chi connectivity index (χ0) is 15.4. The van der Waals surface area contributed by atoms with Crippen LogP contribution in [-0.4, -0.2) is 45.1 Å². The zero-order valence-corrected chi connectivity index (χ0v) is 13.5. The van der Waals surface area contributed by atoms with Gasteiger partial charge in [0.05, 0.1) is 7.11 Å². The van der Waals surface area contributed by atoms with Gasteiger partial charge in [-0.25, -0.2) is 0 Å². The van der Waals surface area contributed by atoms with Crippen molar-refractivity contribution < 1.29 is 18.9 Å². The van der Waals surface area contributed by atoms with Crippen molar-refractivity contribution in [3.63, 3.8) is 0 Å². The van der Waals surface area contributed by atoms with Crippen LogP contribution in [0.2, 0.25) is 0 Å². The lowest BCUT2D eigenvalue weighted by Crippen LogP contribution is -2.32. The first kappa shape index (κ1) is 15.4. The highest BCUT2D eigenvalue weighted by Crippen LogP contribution is 2.38. The molecule has 1 aromatic carbocycles. The number of rotatable bonds is 6. The van der Waals surface area contributed by atoms with Gasteiger partial charge in [-0.15, -0.1) is 0 Å². The molecule has 2 aliphatic rings. The van der Waals surface area contributed by atoms with Crippen LogP contribution < -0.4 is 14.2 Å². The minimum atomic E-state index is 0.293. The first-order chi connectivity index (χ1) is 10.8. The summed E-state index contributed by atoms with van der Waals surface area (Å²) in [7, 11) is 1.70. The number of methoxy groups -OCH3 is 1. The maximum atomic E-state index is 5.52. The Kier molecular flexibility index (Phi) is 5.05. The highest BCUT2D eigenvalue weighted by molar-refractivity contribution is 5.51. The molecule has 2 aliphatic heterocycles. The van der Waals surface area contributed by atoms with E-state index in [1.807, 2.05) is 12.1 Å². The molecule has 5 nitrogen and oxygen atoms in total. The molecule has 0 aromatic heterocycles. The van der Waals surface area contributed by atoms with E-state index in [2.05, 4.69) is 11.8 Å². The lowest BCUT2D eigenvalue weighted by atomic mass is 9.99. The van der Waals surface area contributed by atoms with Gasteiger partial charge in [-0.1, -0.05) is 6.92 Å². The standard InChI is InChI=1S/C17H25NO4/c1-3-18(10-13-4-6-20-7-5-13)11-14-8-16-17(22-12-21-16)9-15(14)19-2/h8-9,13H,3-7,10-12H2,1-2H3. The molecule has 122 valence electrons. The smallest absolute Gasteiger partial charge is 0.231 e. The van der Waals surface area contributed by atoms with E-state index < -0.39 is 0 Å². The number of hydrogen-bond donors (Lipinski definition) is 0. The lowest BCUT2D eigenvalue weighted by Gasteiger charge is -2.29. The van der Waals surface area contributed by atoms with Gasteiger partial charge in [-0.2, -0.15) is 0 Å². The molecular formula is C17H25NO4. The van der Waals surface area contributed by atoms with E-state index in [9.17, 15) is 0 Å². The Morgan fingerprint density at radius 1 is 1.18 bits per heavy atom. The average molecular weight is 307 g/mol. The maximum Gasteiger partial charge on any atom is 0.231 e. The number of hydrogen-bond acceptors (Lipinski definition) is 5. The number of fused-ring (bicyclic) bond motifs is 1. The van der Waals surface area contributed by atoms with Crippen LogP contribution in [0, 0.1) is 5.92 Å². The van der Waals surface area contributed by atoms with Crippen LogP contribution in [0.4, 0.5) is 0 Å². The molecule has 0 aliphatic carbocycles. The topological polar surface area (TPSA) is 40.2 Å². The van der Waals surface area contributed by atoms with Crippen LogP contribution in [0.15, 0.2) is 12.1 Å². The van der Waals surface area contributed by atoms with Crippen LogP contribution in [0.25, 0.3) is 0 Å². The summed E-state index contributed by atoms with van der Waals surface area (Å²) < 4.78 is 21.9. The first-order valence-corrected chi connectivity index (χ1v) is 8.06. The summed E-state index contributed by atoms with van der Waals surface area (Å²) in [4.78, 5) is 2.47. The highest BCUT2D eigenvalue weighted by Gasteiger charge is 2.21. The van der Waals surface area contributed by atoms with E-state index in [1.54, 1.807) is 7.11 Å². The van der Waals surface area contributed by atoms with Crippen LogP contribution >= 0.6 is 0 Å². The summed E-state index contributed by atoms with van der Waals surface area (Å²) in [6, 6.07) is 3.98. The molecule has 5 heteroatoms. The number of ether oxygens (including phenoxy) is 4. The third-order valence-electron chi connectivity index (χ3n) is 4.47. The molecule has 22 heavy (non-hydrogen) atoms. The van der Waals surface area contributed by atoms with Crippen LogP contribution in [0.5, 0.6) is 17.2 Å². The van der Waals surface area contributed by atoms with Crippen LogP contribution in [0.3, 0.4) is 0 Å². The lowest BCUT2D eigenvalue weighted by molar-refractivity contribution is 0.0520. The molecule has 0 radical (unpaired) electrons. The normalized spacial score (nSPS) is 18.0. The predicted octanol–water partition coefficient (Wildman–Crippen LogP) is 2.67. The molecule has 3 rings (SSSR count). The van der Waals surface area contributed by atoms with Gasteiger partial charge in [-0.3, -0.25) is 4.90 Å². The SMILES string of the molecule is CCN(Cc1cc2c(cc1OC)OCO2)CC1CCOCC1. The third-order valence-corrected chi connectivity index (χ3v) is 4.47. The van der Waals surface area contributed by atoms with Gasteiger partial charge in [0.1, 0.15) is 5.75 Å². The Labute approximate surface area is 132 Å². The third kappa shape index (κ3) is 3.47. The van der Waals surface area contributed by atoms with Gasteiger partial charge in [-0.05, 0) is 31.4 Å². The fourth-order valence-electron chi connectivity index (χ4n) is 3.12. The molecule has 0 saturated carbocycles. The quantitative estimate of drug-likeness (QED) is 0.808. The van der Waals surface area contributed by atoms with Crippen molar-refractivity contribution in [1.29, 1.82) is 0 Å². The molecule has 0 bridgehead atoms. The minimum Gasteiger partial charge on any atom is -0.496 e. The molecule has 0 unspecified atom stereocenters. The highest BCUT2D eigenvalue weighted by atomic mass is 16.7. The maximum absolute atomic E-state index is 5.52. The van der Waals surface area contributed by atoms with Gasteiger partial charge in [0.25, 0.3) is 0 Å². The van der Waals surface area contributed by atoms with Gasteiger partial charge >= 0.3 is 0 Å². The minimum absolute atomic E-state index is 0.293. The Morgan fingerprint density at radius 2 is 1.91 bits per heavy atom. The van der Waals surface area contributed by atoms with Crippen molar-refractivity contribution in [2.45, 2.75) is 26.3 Å². The fraction of sp³-hybridized carbons (Fsp3) is 0.647. The fourth-order valence-corrected chi connectivity index (χ4v) is 3.12. The van der Waals surface area contributed by atoms with E-state index >= 15 is 0 Å². The van der Waals surface area contributed by atoms with Crippen LogP contribution in [-0.2, 0) is 11.3 Å². The van der Waals surface area contributed by atoms with E-state index in [0.29, 0.717) is 6.79 Å². The Bertz CT molecular complexity index is 500. The van der Waals surface area contributed by atoms with Gasteiger partial charge in [0, 0.05) is 37.9 Å². The summed E-state index contributed by atoms with van der Waals surface area (Å²) in [5.74, 6) is 3.19. The molecule has 1 fully saturated rings. The van der Waals surface area contributed by atoms with Gasteiger partial charge < -0.3 is 18.9 Å². The largest absolute Gasteiger partial charge is 0.496 e. The molecule has 2 heterocycles. The predicted molar refractivity (Wildman–Crippen MR) is 83.6 cm³/mol. The first-order valence-electron chi connectivity index (χ1n) is 8.06. The van der Waals surface area contributed by atoms with Crippen molar-refractivity contribution in [3.8, 4) is 17.2 Å². The van der Waals surface area contributed by atoms with E-state index in [4.69, 9.17) is 18.9 Å². The van der Waals surface area contributed by atoms with E-state index in [1.165, 1.54) is 0 Å². The monoisotopic (exact) mass is 307 g/mol. The summed E-state index contributed by atoms with van der Waals surface area (Å²) >= 11 is 0. The molecule has 1 saturated heterocycles. The van der Waals surface area contributed by atoms with Crippen molar-refractivity contribution in [3.05, 3.63) is 17.7 Å². The number of nitrogens with zero attached hydrogens (tertiary/aromatic N) is 1. The Morgan fingerprint density at radius 3 is 2.59 bits per heavy atom. The van der Waals surface area contributed by atoms with Crippen molar-refractivity contribution in [2.24, 2.45) is 5.92 Å². The summed E-state index contributed by atoms with van der Waals surface area (Å²) in [5, 5.41) is 0. The molecule has 0 N–H and O–H groups in total. The summed E-state index contributed by atoms with van der Waals surface area (Å²) in [5.41, 5.74) is 1.15. The van der Waals surface area contributed by atoms with Crippen LogP contribution in [0.1, 0.15) is 25.3 Å². The molecular weight excluding hydrogens is 282 g/mol. The van der Waals surface area contributed by atoms with Crippen molar-refractivity contribution in [1.82, 2.24) is 4.90 Å². The average Bonchev–Trinajstić information content (AvgIpc) is 3.01. The van der Waals surface area contributed by atoms with E-state index in [0.717, 1.165) is 74.4 Å².